The number of carboxylic acids is 1. The van der Waals surface area contributed by atoms with Crippen molar-refractivity contribution in [3.63, 3.8) is 0 Å². The van der Waals surface area contributed by atoms with Crippen LogP contribution in [0.1, 0.15) is 54.6 Å². The largest absolute Gasteiger partial charge is 0.478 e. The summed E-state index contributed by atoms with van der Waals surface area (Å²) in [6, 6.07) is 22.3. The van der Waals surface area contributed by atoms with Gasteiger partial charge in [0.1, 0.15) is 12.2 Å². The number of hydrogen-bond donors (Lipinski definition) is 2. The van der Waals surface area contributed by atoms with Gasteiger partial charge in [0.15, 0.2) is 0 Å². The summed E-state index contributed by atoms with van der Waals surface area (Å²) < 4.78 is 11.1. The van der Waals surface area contributed by atoms with Gasteiger partial charge in [-0.3, -0.25) is 4.90 Å². The van der Waals surface area contributed by atoms with E-state index in [9.17, 15) is 19.5 Å². The molecule has 0 saturated heterocycles. The number of carbonyl (C=O) groups is 3. The monoisotopic (exact) mass is 516 g/mol. The Bertz CT molecular complexity index is 1270. The van der Waals surface area contributed by atoms with Gasteiger partial charge in [-0.25, -0.2) is 14.4 Å². The Morgan fingerprint density at radius 1 is 0.895 bits per heavy atom. The maximum absolute atomic E-state index is 13.3. The molecule has 0 aliphatic heterocycles. The zero-order chi connectivity index (χ0) is 27.3. The van der Waals surface area contributed by atoms with E-state index in [0.29, 0.717) is 12.1 Å². The number of carbonyl (C=O) groups excluding carboxylic acids is 2. The summed E-state index contributed by atoms with van der Waals surface area (Å²) in [4.78, 5) is 38.0. The Morgan fingerprint density at radius 3 is 2.03 bits per heavy atom. The fourth-order valence-corrected chi connectivity index (χ4v) is 4.52. The number of nitrogens with zero attached hydrogens (tertiary/aromatic N) is 1. The molecule has 8 heteroatoms. The molecule has 1 aliphatic rings. The van der Waals surface area contributed by atoms with Crippen molar-refractivity contribution >= 4 is 23.8 Å². The second-order valence-electron chi connectivity index (χ2n) is 10.1. The van der Waals surface area contributed by atoms with Crippen LogP contribution in [0.5, 0.6) is 0 Å². The van der Waals surface area contributed by atoms with Gasteiger partial charge in [0.05, 0.1) is 5.56 Å². The van der Waals surface area contributed by atoms with Crippen LogP contribution < -0.4 is 10.2 Å². The number of nitrogens with one attached hydrogen (secondary N) is 1. The minimum Gasteiger partial charge on any atom is -0.478 e. The average molecular weight is 517 g/mol. The van der Waals surface area contributed by atoms with E-state index in [1.54, 1.807) is 32.9 Å². The SMILES string of the molecule is CC(C)(C)OC(=O)NCCCN(C(=O)OCC1c2ccccc2-c2ccccc21)c1ccc(C(=O)O)cc1. The normalized spacial score (nSPS) is 12.3. The summed E-state index contributed by atoms with van der Waals surface area (Å²) in [7, 11) is 0. The zero-order valence-corrected chi connectivity index (χ0v) is 21.8. The molecule has 0 fully saturated rings. The number of carboxylic acid groups (broad SMARTS) is 1. The van der Waals surface area contributed by atoms with Crippen LogP contribution in [-0.4, -0.2) is 48.6 Å². The fourth-order valence-electron chi connectivity index (χ4n) is 4.52. The zero-order valence-electron chi connectivity index (χ0n) is 21.8. The Labute approximate surface area is 222 Å². The quantitative estimate of drug-likeness (QED) is 0.353. The molecule has 0 bridgehead atoms. The molecule has 3 aromatic carbocycles. The van der Waals surface area contributed by atoms with E-state index in [-0.39, 0.29) is 31.2 Å². The van der Waals surface area contributed by atoms with E-state index in [0.717, 1.165) is 22.3 Å². The molecular formula is C30H32N2O6. The maximum Gasteiger partial charge on any atom is 0.414 e. The van der Waals surface area contributed by atoms with E-state index >= 15 is 0 Å². The van der Waals surface area contributed by atoms with Gasteiger partial charge in [-0.1, -0.05) is 48.5 Å². The van der Waals surface area contributed by atoms with Crippen molar-refractivity contribution < 1.29 is 29.0 Å². The Morgan fingerprint density at radius 2 is 1.47 bits per heavy atom. The smallest absolute Gasteiger partial charge is 0.414 e. The first-order valence-corrected chi connectivity index (χ1v) is 12.6. The number of hydrogen-bond acceptors (Lipinski definition) is 5. The highest BCUT2D eigenvalue weighted by molar-refractivity contribution is 5.91. The van der Waals surface area contributed by atoms with Crippen molar-refractivity contribution in [3.05, 3.63) is 89.5 Å². The highest BCUT2D eigenvalue weighted by Crippen LogP contribution is 2.44. The number of fused-ring (bicyclic) bond motifs is 3. The summed E-state index contributed by atoms with van der Waals surface area (Å²) in [6.07, 6.45) is -0.646. The van der Waals surface area contributed by atoms with Gasteiger partial charge >= 0.3 is 18.2 Å². The molecule has 38 heavy (non-hydrogen) atoms. The third-order valence-electron chi connectivity index (χ3n) is 6.21. The van der Waals surface area contributed by atoms with Crippen LogP contribution in [0.4, 0.5) is 15.3 Å². The van der Waals surface area contributed by atoms with Gasteiger partial charge in [-0.15, -0.1) is 0 Å². The molecule has 0 aromatic heterocycles. The van der Waals surface area contributed by atoms with E-state index in [1.807, 2.05) is 24.3 Å². The van der Waals surface area contributed by atoms with E-state index in [4.69, 9.17) is 9.47 Å². The lowest BCUT2D eigenvalue weighted by Crippen LogP contribution is -2.37. The first kappa shape index (κ1) is 26.7. The van der Waals surface area contributed by atoms with Crippen molar-refractivity contribution in [1.82, 2.24) is 5.32 Å². The van der Waals surface area contributed by atoms with Crippen LogP contribution in [-0.2, 0) is 9.47 Å². The number of alkyl carbamates (subject to hydrolysis) is 1. The Balaban J connectivity index is 1.46. The Hall–Kier alpha value is -4.33. The molecule has 0 unspecified atom stereocenters. The molecular weight excluding hydrogens is 484 g/mol. The van der Waals surface area contributed by atoms with E-state index in [1.165, 1.54) is 17.0 Å². The highest BCUT2D eigenvalue weighted by Gasteiger charge is 2.30. The molecule has 0 heterocycles. The van der Waals surface area contributed by atoms with Crippen LogP contribution >= 0.6 is 0 Å². The van der Waals surface area contributed by atoms with Crippen molar-refractivity contribution in [3.8, 4) is 11.1 Å². The molecule has 3 aromatic rings. The molecule has 2 amide bonds. The maximum atomic E-state index is 13.3. The van der Waals surface area contributed by atoms with Crippen LogP contribution in [0.3, 0.4) is 0 Å². The van der Waals surface area contributed by atoms with Crippen molar-refractivity contribution in [2.75, 3.05) is 24.6 Å². The van der Waals surface area contributed by atoms with Gasteiger partial charge in [-0.2, -0.15) is 0 Å². The molecule has 1 aliphatic carbocycles. The second kappa shape index (κ2) is 11.4. The standard InChI is InChI=1S/C30H32N2O6/c1-30(2,3)38-28(35)31-17-8-18-32(21-15-13-20(14-16-21)27(33)34)29(36)37-19-26-24-11-6-4-9-22(24)23-10-5-7-12-25(23)26/h4-7,9-16,26H,8,17-19H2,1-3H3,(H,31,35)(H,33,34). The molecule has 0 radical (unpaired) electrons. The second-order valence-corrected chi connectivity index (χ2v) is 10.1. The highest BCUT2D eigenvalue weighted by atomic mass is 16.6. The summed E-state index contributed by atoms with van der Waals surface area (Å²) in [5.74, 6) is -1.14. The number of ether oxygens (including phenoxy) is 2. The predicted octanol–water partition coefficient (Wildman–Crippen LogP) is 6.06. The Kier molecular flexibility index (Phi) is 8.00. The van der Waals surface area contributed by atoms with Crippen LogP contribution in [0, 0.1) is 0 Å². The molecule has 0 spiro atoms. The van der Waals surface area contributed by atoms with Gasteiger partial charge in [0.2, 0.25) is 0 Å². The van der Waals surface area contributed by atoms with Crippen LogP contribution in [0.15, 0.2) is 72.8 Å². The molecule has 2 N–H and O–H groups in total. The minimum atomic E-state index is -1.05. The molecule has 198 valence electrons. The number of anilines is 1. The first-order chi connectivity index (χ1) is 18.1. The van der Waals surface area contributed by atoms with Gasteiger partial charge in [-0.05, 0) is 73.7 Å². The summed E-state index contributed by atoms with van der Waals surface area (Å²) in [5.41, 5.74) is 4.51. The molecule has 0 saturated carbocycles. The van der Waals surface area contributed by atoms with Gasteiger partial charge in [0.25, 0.3) is 0 Å². The van der Waals surface area contributed by atoms with E-state index < -0.39 is 23.8 Å². The summed E-state index contributed by atoms with van der Waals surface area (Å²) in [6.45, 7) is 6.05. The average Bonchev–Trinajstić information content (AvgIpc) is 3.20. The number of rotatable bonds is 8. The van der Waals surface area contributed by atoms with Gasteiger partial charge < -0.3 is 19.9 Å². The van der Waals surface area contributed by atoms with E-state index in [2.05, 4.69) is 29.6 Å². The van der Waals surface area contributed by atoms with Crippen molar-refractivity contribution in [1.29, 1.82) is 0 Å². The minimum absolute atomic E-state index is 0.0866. The van der Waals surface area contributed by atoms with Crippen LogP contribution in [0.25, 0.3) is 11.1 Å². The first-order valence-electron chi connectivity index (χ1n) is 12.6. The topological polar surface area (TPSA) is 105 Å². The third-order valence-corrected chi connectivity index (χ3v) is 6.21. The lowest BCUT2D eigenvalue weighted by Gasteiger charge is -2.24. The van der Waals surface area contributed by atoms with Gasteiger partial charge in [0, 0.05) is 24.7 Å². The molecule has 8 nitrogen and oxygen atoms in total. The van der Waals surface area contributed by atoms with Crippen molar-refractivity contribution in [2.24, 2.45) is 0 Å². The summed E-state index contributed by atoms with van der Waals surface area (Å²) >= 11 is 0. The van der Waals surface area contributed by atoms with Crippen LogP contribution in [0.2, 0.25) is 0 Å². The number of amides is 2. The third kappa shape index (κ3) is 6.32. The lowest BCUT2D eigenvalue weighted by molar-refractivity contribution is 0.0527. The molecule has 4 rings (SSSR count). The number of aromatic carboxylic acids is 1. The fraction of sp³-hybridized carbons (Fsp3) is 0.300. The number of benzene rings is 3. The molecule has 0 atom stereocenters. The van der Waals surface area contributed by atoms with Crippen molar-refractivity contribution in [2.45, 2.75) is 38.7 Å². The summed E-state index contributed by atoms with van der Waals surface area (Å²) in [5, 5.41) is 11.9. The predicted molar refractivity (Wildman–Crippen MR) is 145 cm³/mol. The lowest BCUT2D eigenvalue weighted by atomic mass is 9.98.